The Bertz CT molecular complexity index is 936. The predicted octanol–water partition coefficient (Wildman–Crippen LogP) is 3.14. The maximum absolute atomic E-state index is 11.0. The van der Waals surface area contributed by atoms with E-state index in [1.165, 1.54) is 12.1 Å². The summed E-state index contributed by atoms with van der Waals surface area (Å²) < 4.78 is 1.97. The van der Waals surface area contributed by atoms with Crippen LogP contribution in [0.15, 0.2) is 36.7 Å². The Kier molecular flexibility index (Phi) is 4.87. The quantitative estimate of drug-likeness (QED) is 0.535. The molecule has 0 atom stereocenters. The number of nitrogens with zero attached hydrogens (tertiary/aromatic N) is 6. The molecule has 3 rings (SSSR count). The van der Waals surface area contributed by atoms with E-state index in [1.807, 2.05) is 17.6 Å². The fraction of sp³-hybridized carbons (Fsp3) is 0.294. The first-order valence-electron chi connectivity index (χ1n) is 8.17. The van der Waals surface area contributed by atoms with Gasteiger partial charge >= 0.3 is 0 Å². The van der Waals surface area contributed by atoms with Gasteiger partial charge in [0, 0.05) is 35.5 Å². The van der Waals surface area contributed by atoms with Gasteiger partial charge in [-0.25, -0.2) is 9.97 Å². The molecule has 0 aliphatic rings. The monoisotopic (exact) mass is 353 g/mol. The average molecular weight is 353 g/mol. The summed E-state index contributed by atoms with van der Waals surface area (Å²) in [6.07, 6.45) is 1.70. The van der Waals surface area contributed by atoms with Crippen molar-refractivity contribution in [3.05, 3.63) is 58.3 Å². The highest BCUT2D eigenvalue weighted by atomic mass is 16.6. The second-order valence-corrected chi connectivity index (χ2v) is 6.13. The molecule has 0 radical (unpaired) electrons. The Balaban J connectivity index is 1.85. The standard InChI is InChI=1S/C17H19N7O2/c1-11(2)23-10-19-22-16(23)9-18-15-7-12(3)20-17(21-15)13-5-4-6-14(8-13)24(25)26/h4-8,10-11H,9H2,1-3H3,(H,18,20,21). The van der Waals surface area contributed by atoms with Gasteiger partial charge in [-0.05, 0) is 20.8 Å². The summed E-state index contributed by atoms with van der Waals surface area (Å²) in [7, 11) is 0. The molecule has 1 aromatic carbocycles. The van der Waals surface area contributed by atoms with Crippen molar-refractivity contribution in [3.63, 3.8) is 0 Å². The number of rotatable bonds is 6. The lowest BCUT2D eigenvalue weighted by Crippen LogP contribution is -2.11. The number of non-ortho nitro benzene ring substituents is 1. The molecule has 0 spiro atoms. The van der Waals surface area contributed by atoms with Gasteiger partial charge in [-0.2, -0.15) is 0 Å². The Morgan fingerprint density at radius 3 is 2.81 bits per heavy atom. The number of aryl methyl sites for hydroxylation is 1. The largest absolute Gasteiger partial charge is 0.363 e. The lowest BCUT2D eigenvalue weighted by atomic mass is 10.2. The van der Waals surface area contributed by atoms with Gasteiger partial charge in [0.25, 0.3) is 5.69 Å². The van der Waals surface area contributed by atoms with Gasteiger partial charge in [0.05, 0.1) is 11.5 Å². The molecule has 3 aromatic rings. The fourth-order valence-corrected chi connectivity index (χ4v) is 2.54. The molecule has 134 valence electrons. The molecule has 0 saturated carbocycles. The van der Waals surface area contributed by atoms with Gasteiger partial charge in [-0.15, -0.1) is 10.2 Å². The summed E-state index contributed by atoms with van der Waals surface area (Å²) in [6.45, 7) is 6.43. The zero-order chi connectivity index (χ0) is 18.7. The van der Waals surface area contributed by atoms with Crippen molar-refractivity contribution >= 4 is 11.5 Å². The van der Waals surface area contributed by atoms with Gasteiger partial charge in [-0.3, -0.25) is 10.1 Å². The number of hydrogen-bond acceptors (Lipinski definition) is 7. The van der Waals surface area contributed by atoms with E-state index in [1.54, 1.807) is 18.5 Å². The van der Waals surface area contributed by atoms with E-state index < -0.39 is 4.92 Å². The molecule has 0 bridgehead atoms. The number of benzene rings is 1. The minimum atomic E-state index is -0.433. The number of nitro groups is 1. The number of nitro benzene ring substituents is 1. The van der Waals surface area contributed by atoms with Gasteiger partial charge in [-0.1, -0.05) is 12.1 Å². The molecule has 2 heterocycles. The minimum Gasteiger partial charge on any atom is -0.363 e. The predicted molar refractivity (Wildman–Crippen MR) is 96.6 cm³/mol. The van der Waals surface area contributed by atoms with Gasteiger partial charge in [0.1, 0.15) is 12.1 Å². The smallest absolute Gasteiger partial charge is 0.270 e. The van der Waals surface area contributed by atoms with Crippen LogP contribution in [-0.2, 0) is 6.54 Å². The van der Waals surface area contributed by atoms with Crippen LogP contribution in [0.1, 0.15) is 31.4 Å². The van der Waals surface area contributed by atoms with E-state index in [0.29, 0.717) is 23.8 Å². The molecule has 0 unspecified atom stereocenters. The lowest BCUT2D eigenvalue weighted by molar-refractivity contribution is -0.384. The normalized spacial score (nSPS) is 10.9. The Morgan fingerprint density at radius 2 is 2.08 bits per heavy atom. The number of aromatic nitrogens is 5. The molecule has 0 aliphatic carbocycles. The average Bonchev–Trinajstić information content (AvgIpc) is 3.08. The summed E-state index contributed by atoms with van der Waals surface area (Å²) in [6, 6.07) is 8.36. The first-order valence-corrected chi connectivity index (χ1v) is 8.17. The Hall–Kier alpha value is -3.36. The molecule has 26 heavy (non-hydrogen) atoms. The van der Waals surface area contributed by atoms with E-state index in [0.717, 1.165) is 11.5 Å². The molecule has 1 N–H and O–H groups in total. The van der Waals surface area contributed by atoms with Crippen molar-refractivity contribution in [1.29, 1.82) is 0 Å². The molecule has 0 fully saturated rings. The minimum absolute atomic E-state index is 0.00662. The fourth-order valence-electron chi connectivity index (χ4n) is 2.54. The molecular weight excluding hydrogens is 334 g/mol. The SMILES string of the molecule is Cc1cc(NCc2nncn2C(C)C)nc(-c2cccc([N+](=O)[O-])c2)n1. The number of hydrogen-bond donors (Lipinski definition) is 1. The third-order valence-corrected chi connectivity index (χ3v) is 3.80. The molecule has 2 aromatic heterocycles. The first-order chi connectivity index (χ1) is 12.4. The molecule has 9 nitrogen and oxygen atoms in total. The number of nitrogens with one attached hydrogen (secondary N) is 1. The third kappa shape index (κ3) is 3.82. The van der Waals surface area contributed by atoms with Crippen molar-refractivity contribution in [2.75, 3.05) is 5.32 Å². The van der Waals surface area contributed by atoms with E-state index in [-0.39, 0.29) is 11.7 Å². The van der Waals surface area contributed by atoms with E-state index in [2.05, 4.69) is 39.3 Å². The van der Waals surface area contributed by atoms with E-state index >= 15 is 0 Å². The molecule has 0 saturated heterocycles. The van der Waals surface area contributed by atoms with Crippen LogP contribution in [0.3, 0.4) is 0 Å². The highest BCUT2D eigenvalue weighted by Gasteiger charge is 2.12. The zero-order valence-electron chi connectivity index (χ0n) is 14.7. The molecule has 9 heteroatoms. The van der Waals surface area contributed by atoms with Crippen molar-refractivity contribution < 1.29 is 4.92 Å². The van der Waals surface area contributed by atoms with Crippen LogP contribution in [0.2, 0.25) is 0 Å². The van der Waals surface area contributed by atoms with Crippen LogP contribution in [0.4, 0.5) is 11.5 Å². The van der Waals surface area contributed by atoms with Crippen LogP contribution in [0.5, 0.6) is 0 Å². The number of anilines is 1. The molecule has 0 aliphatic heterocycles. The van der Waals surface area contributed by atoms with Crippen molar-refractivity contribution in [3.8, 4) is 11.4 Å². The van der Waals surface area contributed by atoms with Crippen molar-refractivity contribution in [2.45, 2.75) is 33.4 Å². The highest BCUT2D eigenvalue weighted by Crippen LogP contribution is 2.22. The summed E-state index contributed by atoms with van der Waals surface area (Å²) in [5.41, 5.74) is 1.36. The summed E-state index contributed by atoms with van der Waals surface area (Å²) >= 11 is 0. The molecular formula is C17H19N7O2. The maximum Gasteiger partial charge on any atom is 0.270 e. The van der Waals surface area contributed by atoms with Crippen molar-refractivity contribution in [2.24, 2.45) is 0 Å². The van der Waals surface area contributed by atoms with Crippen LogP contribution in [0, 0.1) is 17.0 Å². The molecule has 0 amide bonds. The van der Waals surface area contributed by atoms with Crippen molar-refractivity contribution in [1.82, 2.24) is 24.7 Å². The van der Waals surface area contributed by atoms with Gasteiger partial charge in [0.2, 0.25) is 0 Å². The van der Waals surface area contributed by atoms with E-state index in [9.17, 15) is 10.1 Å². The van der Waals surface area contributed by atoms with Crippen LogP contribution in [-0.4, -0.2) is 29.7 Å². The third-order valence-electron chi connectivity index (χ3n) is 3.80. The highest BCUT2D eigenvalue weighted by molar-refractivity contribution is 5.61. The Morgan fingerprint density at radius 1 is 1.27 bits per heavy atom. The summed E-state index contributed by atoms with van der Waals surface area (Å²) in [4.78, 5) is 19.4. The first kappa shape index (κ1) is 17.5. The van der Waals surface area contributed by atoms with Crippen LogP contribution >= 0.6 is 0 Å². The second-order valence-electron chi connectivity index (χ2n) is 6.13. The summed E-state index contributed by atoms with van der Waals surface area (Å²) in [5, 5.41) is 22.3. The van der Waals surface area contributed by atoms with Crippen LogP contribution < -0.4 is 5.32 Å². The van der Waals surface area contributed by atoms with E-state index in [4.69, 9.17) is 0 Å². The van der Waals surface area contributed by atoms with Gasteiger partial charge < -0.3 is 9.88 Å². The lowest BCUT2D eigenvalue weighted by Gasteiger charge is -2.12. The van der Waals surface area contributed by atoms with Crippen LogP contribution in [0.25, 0.3) is 11.4 Å². The second kappa shape index (κ2) is 7.26. The maximum atomic E-state index is 11.0. The topological polar surface area (TPSA) is 112 Å². The Labute approximate surface area is 150 Å². The summed E-state index contributed by atoms with van der Waals surface area (Å²) in [5.74, 6) is 1.85. The zero-order valence-corrected chi connectivity index (χ0v) is 14.7. The van der Waals surface area contributed by atoms with Gasteiger partial charge in [0.15, 0.2) is 11.6 Å².